The molecule has 1 aromatic carbocycles. The van der Waals surface area contributed by atoms with Crippen molar-refractivity contribution in [1.29, 1.82) is 5.26 Å². The summed E-state index contributed by atoms with van der Waals surface area (Å²) in [5.74, 6) is 0.925. The Bertz CT molecular complexity index is 553. The zero-order chi connectivity index (χ0) is 12.8. The molecule has 2 aromatic rings. The monoisotopic (exact) mass is 241 g/mol. The van der Waals surface area contributed by atoms with Crippen LogP contribution in [0.3, 0.4) is 0 Å². The molecule has 1 N–H and O–H groups in total. The Kier molecular flexibility index (Phi) is 4.05. The van der Waals surface area contributed by atoms with E-state index >= 15 is 0 Å². The fraction of sp³-hybridized carbons (Fsp3) is 0.308. The second kappa shape index (κ2) is 5.94. The third-order valence-electron chi connectivity index (χ3n) is 2.70. The van der Waals surface area contributed by atoms with E-state index in [1.54, 1.807) is 12.4 Å². The number of hydrogen-bond donors (Lipinski definition) is 1. The Morgan fingerprint density at radius 1 is 1.39 bits per heavy atom. The molecule has 0 amide bonds. The van der Waals surface area contributed by atoms with E-state index in [1.165, 1.54) is 0 Å². The number of aromatic nitrogens is 3. The van der Waals surface area contributed by atoms with Gasteiger partial charge in [0.25, 0.3) is 0 Å². The van der Waals surface area contributed by atoms with Crippen LogP contribution >= 0.6 is 0 Å². The molecule has 1 heterocycles. The molecule has 92 valence electrons. The third kappa shape index (κ3) is 2.93. The number of nitrogens with zero attached hydrogens (tertiary/aromatic N) is 4. The summed E-state index contributed by atoms with van der Waals surface area (Å²) in [5, 5.41) is 20.0. The van der Waals surface area contributed by atoms with E-state index in [2.05, 4.69) is 28.5 Å². The van der Waals surface area contributed by atoms with Gasteiger partial charge >= 0.3 is 0 Å². The van der Waals surface area contributed by atoms with E-state index in [-0.39, 0.29) is 0 Å². The van der Waals surface area contributed by atoms with Gasteiger partial charge < -0.3 is 9.88 Å². The van der Waals surface area contributed by atoms with Crippen LogP contribution in [0.2, 0.25) is 0 Å². The summed E-state index contributed by atoms with van der Waals surface area (Å²) >= 11 is 0. The average Bonchev–Trinajstić information content (AvgIpc) is 2.86. The lowest BCUT2D eigenvalue weighted by atomic mass is 10.1. The van der Waals surface area contributed by atoms with E-state index in [0.29, 0.717) is 18.7 Å². The maximum atomic E-state index is 8.81. The highest BCUT2D eigenvalue weighted by atomic mass is 15.3. The zero-order valence-electron chi connectivity index (χ0n) is 10.3. The van der Waals surface area contributed by atoms with E-state index in [0.717, 1.165) is 17.9 Å². The van der Waals surface area contributed by atoms with Crippen LogP contribution < -0.4 is 5.32 Å². The van der Waals surface area contributed by atoms with Gasteiger partial charge in [0.1, 0.15) is 12.2 Å². The van der Waals surface area contributed by atoms with Crippen molar-refractivity contribution < 1.29 is 0 Å². The van der Waals surface area contributed by atoms with Crippen LogP contribution in [-0.2, 0) is 19.6 Å². The van der Waals surface area contributed by atoms with Crippen molar-refractivity contribution in [3.8, 4) is 6.07 Å². The van der Waals surface area contributed by atoms with Crippen LogP contribution in [0.25, 0.3) is 0 Å². The van der Waals surface area contributed by atoms with Crippen molar-refractivity contribution in [2.45, 2.75) is 26.6 Å². The van der Waals surface area contributed by atoms with E-state index < -0.39 is 0 Å². The standard InChI is InChI=1S/C13H15N5/c1-2-18-10-16-17-13(18)9-15-8-12-5-3-4-11(6-12)7-14/h3-6,10,15H,2,8-9H2,1H3. The predicted octanol–water partition coefficient (Wildman–Crippen LogP) is 1.46. The number of aryl methyl sites for hydroxylation is 1. The second-order valence-electron chi connectivity index (χ2n) is 3.95. The van der Waals surface area contributed by atoms with Crippen molar-refractivity contribution in [2.75, 3.05) is 0 Å². The maximum Gasteiger partial charge on any atom is 0.146 e. The van der Waals surface area contributed by atoms with Crippen LogP contribution in [0.15, 0.2) is 30.6 Å². The highest BCUT2D eigenvalue weighted by molar-refractivity contribution is 5.32. The summed E-state index contributed by atoms with van der Waals surface area (Å²) in [4.78, 5) is 0. The lowest BCUT2D eigenvalue weighted by Gasteiger charge is -2.06. The highest BCUT2D eigenvalue weighted by Crippen LogP contribution is 2.04. The molecule has 0 unspecified atom stereocenters. The van der Waals surface area contributed by atoms with Gasteiger partial charge in [0.15, 0.2) is 0 Å². The van der Waals surface area contributed by atoms with Crippen molar-refractivity contribution in [3.05, 3.63) is 47.5 Å². The van der Waals surface area contributed by atoms with Crippen LogP contribution in [0.4, 0.5) is 0 Å². The van der Waals surface area contributed by atoms with Crippen molar-refractivity contribution in [2.24, 2.45) is 0 Å². The Hall–Kier alpha value is -2.19. The molecule has 5 heteroatoms. The summed E-state index contributed by atoms with van der Waals surface area (Å²) in [6, 6.07) is 9.72. The van der Waals surface area contributed by atoms with Crippen molar-refractivity contribution >= 4 is 0 Å². The first kappa shape index (κ1) is 12.3. The minimum Gasteiger partial charge on any atom is -0.317 e. The van der Waals surface area contributed by atoms with Crippen LogP contribution in [0.1, 0.15) is 23.9 Å². The molecule has 0 radical (unpaired) electrons. The average molecular weight is 241 g/mol. The molecule has 0 fully saturated rings. The fourth-order valence-electron chi connectivity index (χ4n) is 1.75. The molecule has 0 aliphatic heterocycles. The molecular weight excluding hydrogens is 226 g/mol. The van der Waals surface area contributed by atoms with Gasteiger partial charge in [0, 0.05) is 13.1 Å². The van der Waals surface area contributed by atoms with Gasteiger partial charge in [0.2, 0.25) is 0 Å². The molecule has 0 aliphatic carbocycles. The van der Waals surface area contributed by atoms with Crippen LogP contribution in [0, 0.1) is 11.3 Å². The van der Waals surface area contributed by atoms with Crippen LogP contribution in [-0.4, -0.2) is 14.8 Å². The third-order valence-corrected chi connectivity index (χ3v) is 2.70. The smallest absolute Gasteiger partial charge is 0.146 e. The Morgan fingerprint density at radius 2 is 2.28 bits per heavy atom. The number of hydrogen-bond acceptors (Lipinski definition) is 4. The molecule has 0 atom stereocenters. The van der Waals surface area contributed by atoms with Crippen molar-refractivity contribution in [1.82, 2.24) is 20.1 Å². The summed E-state index contributed by atoms with van der Waals surface area (Å²) in [7, 11) is 0. The zero-order valence-corrected chi connectivity index (χ0v) is 10.3. The molecule has 0 saturated heterocycles. The molecule has 2 rings (SSSR count). The summed E-state index contributed by atoms with van der Waals surface area (Å²) in [6.45, 7) is 4.31. The highest BCUT2D eigenvalue weighted by Gasteiger charge is 2.02. The minimum atomic E-state index is 0.671. The normalized spacial score (nSPS) is 10.2. The van der Waals surface area contributed by atoms with Crippen molar-refractivity contribution in [3.63, 3.8) is 0 Å². The number of benzene rings is 1. The largest absolute Gasteiger partial charge is 0.317 e. The van der Waals surface area contributed by atoms with Gasteiger partial charge in [-0.25, -0.2) is 0 Å². The van der Waals surface area contributed by atoms with Gasteiger partial charge in [-0.05, 0) is 24.6 Å². The number of nitrogens with one attached hydrogen (secondary N) is 1. The molecule has 0 spiro atoms. The van der Waals surface area contributed by atoms with Gasteiger partial charge in [0.05, 0.1) is 18.2 Å². The number of rotatable bonds is 5. The second-order valence-corrected chi connectivity index (χ2v) is 3.95. The first-order chi connectivity index (χ1) is 8.83. The van der Waals surface area contributed by atoms with Gasteiger partial charge in [-0.2, -0.15) is 5.26 Å². The van der Waals surface area contributed by atoms with Crippen LogP contribution in [0.5, 0.6) is 0 Å². The molecule has 0 saturated carbocycles. The Morgan fingerprint density at radius 3 is 3.06 bits per heavy atom. The minimum absolute atomic E-state index is 0.671. The first-order valence-corrected chi connectivity index (χ1v) is 5.90. The topological polar surface area (TPSA) is 66.5 Å². The van der Waals surface area contributed by atoms with Gasteiger partial charge in [-0.15, -0.1) is 10.2 Å². The summed E-state index contributed by atoms with van der Waals surface area (Å²) < 4.78 is 2.00. The molecule has 0 bridgehead atoms. The molecular formula is C13H15N5. The van der Waals surface area contributed by atoms with E-state index in [4.69, 9.17) is 5.26 Å². The molecule has 1 aromatic heterocycles. The lowest BCUT2D eigenvalue weighted by Crippen LogP contribution is -2.16. The first-order valence-electron chi connectivity index (χ1n) is 5.90. The summed E-state index contributed by atoms with van der Waals surface area (Å²) in [5.41, 5.74) is 1.78. The maximum absolute atomic E-state index is 8.81. The lowest BCUT2D eigenvalue weighted by molar-refractivity contribution is 0.612. The SMILES string of the molecule is CCn1cnnc1CNCc1cccc(C#N)c1. The molecule has 0 aliphatic rings. The summed E-state index contributed by atoms with van der Waals surface area (Å²) in [6.07, 6.45) is 1.73. The Labute approximate surface area is 106 Å². The number of nitriles is 1. The van der Waals surface area contributed by atoms with E-state index in [1.807, 2.05) is 22.8 Å². The quantitative estimate of drug-likeness (QED) is 0.860. The Balaban J connectivity index is 1.90. The van der Waals surface area contributed by atoms with E-state index in [9.17, 15) is 0 Å². The fourth-order valence-corrected chi connectivity index (χ4v) is 1.75. The molecule has 5 nitrogen and oxygen atoms in total. The van der Waals surface area contributed by atoms with Gasteiger partial charge in [-0.1, -0.05) is 12.1 Å². The predicted molar refractivity (Wildman–Crippen MR) is 67.4 cm³/mol. The van der Waals surface area contributed by atoms with Gasteiger partial charge in [-0.3, -0.25) is 0 Å². The molecule has 18 heavy (non-hydrogen) atoms.